The van der Waals surface area contributed by atoms with Gasteiger partial charge in [0.15, 0.2) is 0 Å². The Morgan fingerprint density at radius 3 is 2.33 bits per heavy atom. The fourth-order valence-corrected chi connectivity index (χ4v) is 3.58. The van der Waals surface area contributed by atoms with E-state index >= 15 is 0 Å². The van der Waals surface area contributed by atoms with Gasteiger partial charge in [-0.05, 0) is 24.6 Å². The Morgan fingerprint density at radius 1 is 1.33 bits per heavy atom. The Balaban J connectivity index is 3.31. The normalized spacial score (nSPS) is 12.4. The van der Waals surface area contributed by atoms with Crippen molar-refractivity contribution in [3.05, 3.63) is 28.8 Å². The Morgan fingerprint density at radius 2 is 1.90 bits per heavy atom. The van der Waals surface area contributed by atoms with Gasteiger partial charge in [0.1, 0.15) is 4.90 Å². The summed E-state index contributed by atoms with van der Waals surface area (Å²) in [5, 5.41) is 27.3. The highest BCUT2D eigenvalue weighted by molar-refractivity contribution is 7.89. The molecule has 7 nitrogen and oxygen atoms in total. The van der Waals surface area contributed by atoms with Crippen molar-refractivity contribution >= 4 is 27.6 Å². The highest BCUT2D eigenvalue weighted by atomic mass is 35.5. The molecule has 0 saturated carbocycles. The van der Waals surface area contributed by atoms with Gasteiger partial charge in [0.05, 0.1) is 29.3 Å². The predicted molar refractivity (Wildman–Crippen MR) is 75.9 cm³/mol. The quantitative estimate of drug-likeness (QED) is 0.572. The lowest BCUT2D eigenvalue weighted by Gasteiger charge is -2.29. The maximum Gasteiger partial charge on any atom is 0.335 e. The third-order valence-electron chi connectivity index (χ3n) is 3.10. The third kappa shape index (κ3) is 3.92. The van der Waals surface area contributed by atoms with E-state index in [2.05, 4.69) is 4.72 Å². The minimum absolute atomic E-state index is 0.134. The molecular formula is C12H16ClNO6S. The zero-order valence-electron chi connectivity index (χ0n) is 11.2. The number of hydrogen-bond acceptors (Lipinski definition) is 5. The summed E-state index contributed by atoms with van der Waals surface area (Å²) in [6, 6.07) is 3.25. The zero-order chi connectivity index (χ0) is 16.3. The first-order valence-electron chi connectivity index (χ1n) is 6.00. The van der Waals surface area contributed by atoms with E-state index in [4.69, 9.17) is 16.7 Å². The summed E-state index contributed by atoms with van der Waals surface area (Å²) in [6.45, 7) is 0.356. The van der Waals surface area contributed by atoms with Crippen LogP contribution in [0.1, 0.15) is 23.7 Å². The van der Waals surface area contributed by atoms with Crippen LogP contribution in [-0.4, -0.2) is 48.5 Å². The second kappa shape index (κ2) is 6.71. The number of nitrogens with one attached hydrogen (secondary N) is 1. The van der Waals surface area contributed by atoms with E-state index in [-0.39, 0.29) is 17.0 Å². The second-order valence-electron chi connectivity index (χ2n) is 4.51. The summed E-state index contributed by atoms with van der Waals surface area (Å²) < 4.78 is 26.8. The van der Waals surface area contributed by atoms with Crippen LogP contribution in [0.25, 0.3) is 0 Å². The Labute approximate surface area is 127 Å². The summed E-state index contributed by atoms with van der Waals surface area (Å²) in [5.74, 6) is -1.30. The summed E-state index contributed by atoms with van der Waals surface area (Å²) in [4.78, 5) is 10.5. The standard InChI is InChI=1S/C12H16ClNO6S/c1-2-12(6-15,7-16)14-21(19,20)10-5-8(11(17)18)3-4-9(10)13/h3-5,14-16H,2,6-7H2,1H3,(H,17,18). The van der Waals surface area contributed by atoms with Crippen LogP contribution >= 0.6 is 11.6 Å². The lowest BCUT2D eigenvalue weighted by atomic mass is 10.0. The van der Waals surface area contributed by atoms with Crippen molar-refractivity contribution in [2.45, 2.75) is 23.8 Å². The number of aliphatic hydroxyl groups is 2. The van der Waals surface area contributed by atoms with Crippen LogP contribution < -0.4 is 4.72 Å². The summed E-state index contributed by atoms with van der Waals surface area (Å²) in [7, 11) is -4.21. The average molecular weight is 338 g/mol. The van der Waals surface area contributed by atoms with E-state index < -0.39 is 39.6 Å². The van der Waals surface area contributed by atoms with Gasteiger partial charge in [-0.3, -0.25) is 0 Å². The van der Waals surface area contributed by atoms with E-state index in [1.807, 2.05) is 0 Å². The number of hydrogen-bond donors (Lipinski definition) is 4. The SMILES string of the molecule is CCC(CO)(CO)NS(=O)(=O)c1cc(C(=O)O)ccc1Cl. The number of aliphatic hydroxyl groups excluding tert-OH is 2. The molecule has 1 rings (SSSR count). The van der Waals surface area contributed by atoms with Crippen molar-refractivity contribution in [2.24, 2.45) is 0 Å². The van der Waals surface area contributed by atoms with Crippen molar-refractivity contribution in [2.75, 3.05) is 13.2 Å². The van der Waals surface area contributed by atoms with Crippen molar-refractivity contribution in [1.82, 2.24) is 4.72 Å². The first-order chi connectivity index (χ1) is 9.71. The van der Waals surface area contributed by atoms with Crippen LogP contribution in [0.5, 0.6) is 0 Å². The van der Waals surface area contributed by atoms with Crippen LogP contribution in [-0.2, 0) is 10.0 Å². The molecular weight excluding hydrogens is 322 g/mol. The van der Waals surface area contributed by atoms with Crippen LogP contribution in [0, 0.1) is 0 Å². The molecule has 0 radical (unpaired) electrons. The maximum atomic E-state index is 12.3. The van der Waals surface area contributed by atoms with Crippen molar-refractivity contribution in [3.63, 3.8) is 0 Å². The molecule has 0 saturated heterocycles. The van der Waals surface area contributed by atoms with E-state index in [1.54, 1.807) is 6.92 Å². The van der Waals surface area contributed by atoms with Gasteiger partial charge in [-0.25, -0.2) is 17.9 Å². The molecule has 1 aromatic rings. The van der Waals surface area contributed by atoms with Gasteiger partial charge in [-0.15, -0.1) is 0 Å². The van der Waals surface area contributed by atoms with Gasteiger partial charge in [0.2, 0.25) is 10.0 Å². The van der Waals surface area contributed by atoms with E-state index in [0.29, 0.717) is 0 Å². The van der Waals surface area contributed by atoms with Crippen molar-refractivity contribution < 1.29 is 28.5 Å². The third-order valence-corrected chi connectivity index (χ3v) is 5.16. The first kappa shape index (κ1) is 17.9. The highest BCUT2D eigenvalue weighted by Gasteiger charge is 2.33. The topological polar surface area (TPSA) is 124 Å². The first-order valence-corrected chi connectivity index (χ1v) is 7.86. The zero-order valence-corrected chi connectivity index (χ0v) is 12.8. The van der Waals surface area contributed by atoms with E-state index in [0.717, 1.165) is 12.1 Å². The molecule has 0 amide bonds. The Hall–Kier alpha value is -1.19. The van der Waals surface area contributed by atoms with Gasteiger partial charge < -0.3 is 15.3 Å². The second-order valence-corrected chi connectivity index (χ2v) is 6.56. The molecule has 1 aromatic carbocycles. The summed E-state index contributed by atoms with van der Waals surface area (Å²) in [6.07, 6.45) is 0.134. The molecule has 0 aromatic heterocycles. The summed E-state index contributed by atoms with van der Waals surface area (Å²) in [5.41, 5.74) is -1.68. The van der Waals surface area contributed by atoms with Crippen molar-refractivity contribution in [1.29, 1.82) is 0 Å². The minimum Gasteiger partial charge on any atom is -0.478 e. The smallest absolute Gasteiger partial charge is 0.335 e. The molecule has 0 fully saturated rings. The number of aromatic carboxylic acids is 1. The maximum absolute atomic E-state index is 12.3. The Kier molecular flexibility index (Phi) is 5.71. The number of carbonyl (C=O) groups is 1. The number of rotatable bonds is 7. The average Bonchev–Trinajstić information content (AvgIpc) is 2.45. The molecule has 0 heterocycles. The molecule has 9 heteroatoms. The van der Waals surface area contributed by atoms with Crippen LogP contribution in [0.3, 0.4) is 0 Å². The van der Waals surface area contributed by atoms with Crippen LogP contribution in [0.2, 0.25) is 5.02 Å². The number of benzene rings is 1. The molecule has 0 unspecified atom stereocenters. The van der Waals surface area contributed by atoms with Gasteiger partial charge in [-0.2, -0.15) is 0 Å². The minimum atomic E-state index is -4.21. The molecule has 0 bridgehead atoms. The van der Waals surface area contributed by atoms with Gasteiger partial charge >= 0.3 is 5.97 Å². The number of carboxylic acids is 1. The van der Waals surface area contributed by atoms with Crippen LogP contribution in [0.15, 0.2) is 23.1 Å². The van der Waals surface area contributed by atoms with Gasteiger partial charge in [0, 0.05) is 0 Å². The van der Waals surface area contributed by atoms with Gasteiger partial charge in [-0.1, -0.05) is 18.5 Å². The molecule has 4 N–H and O–H groups in total. The molecule has 0 aliphatic rings. The lowest BCUT2D eigenvalue weighted by molar-refractivity contribution is 0.0696. The Bertz CT molecular complexity index is 618. The summed E-state index contributed by atoms with van der Waals surface area (Å²) >= 11 is 5.81. The number of sulfonamides is 1. The highest BCUT2D eigenvalue weighted by Crippen LogP contribution is 2.24. The van der Waals surface area contributed by atoms with Gasteiger partial charge in [0.25, 0.3) is 0 Å². The van der Waals surface area contributed by atoms with E-state index in [1.165, 1.54) is 6.07 Å². The molecule has 0 atom stereocenters. The largest absolute Gasteiger partial charge is 0.478 e. The molecule has 0 aliphatic heterocycles. The molecule has 118 valence electrons. The van der Waals surface area contributed by atoms with E-state index in [9.17, 15) is 23.4 Å². The number of carboxylic acid groups (broad SMARTS) is 1. The number of halogens is 1. The van der Waals surface area contributed by atoms with Crippen molar-refractivity contribution in [3.8, 4) is 0 Å². The predicted octanol–water partition coefficient (Wildman–Crippen LogP) is 0.450. The molecule has 0 spiro atoms. The monoisotopic (exact) mass is 337 g/mol. The van der Waals surface area contributed by atoms with Crippen LogP contribution in [0.4, 0.5) is 0 Å². The molecule has 0 aliphatic carbocycles. The molecule has 21 heavy (non-hydrogen) atoms. The fourth-order valence-electron chi connectivity index (χ4n) is 1.59. The lowest BCUT2D eigenvalue weighted by Crippen LogP contribution is -2.53. The fraction of sp³-hybridized carbons (Fsp3) is 0.417.